The fraction of sp³-hybridized carbons (Fsp3) is 0.875. The summed E-state index contributed by atoms with van der Waals surface area (Å²) in [6.07, 6.45) is 1.25. The molecule has 0 fully saturated rings. The zero-order valence-corrected chi connectivity index (χ0v) is 8.36. The zero-order chi connectivity index (χ0) is 9.40. The smallest absolute Gasteiger partial charge is 0.221 e. The Morgan fingerprint density at radius 2 is 2.33 bits per heavy atom. The molecule has 0 spiro atoms. The molecule has 12 heavy (non-hydrogen) atoms. The van der Waals surface area contributed by atoms with Crippen molar-refractivity contribution in [2.45, 2.75) is 25.8 Å². The van der Waals surface area contributed by atoms with E-state index in [-0.39, 0.29) is 11.9 Å². The molecule has 0 bridgehead atoms. The molecule has 0 aliphatic rings. The van der Waals surface area contributed by atoms with Crippen LogP contribution in [0.2, 0.25) is 0 Å². The van der Waals surface area contributed by atoms with Gasteiger partial charge in [-0.1, -0.05) is 6.92 Å². The van der Waals surface area contributed by atoms with Crippen molar-refractivity contribution < 1.29 is 9.53 Å². The van der Waals surface area contributed by atoms with E-state index in [1.807, 2.05) is 6.92 Å². The fourth-order valence-electron chi connectivity index (χ4n) is 0.848. The van der Waals surface area contributed by atoms with Gasteiger partial charge in [-0.2, -0.15) is 0 Å². The maximum Gasteiger partial charge on any atom is 0.221 e. The number of carbonyl (C=O) groups is 1. The van der Waals surface area contributed by atoms with E-state index in [9.17, 15) is 4.79 Å². The van der Waals surface area contributed by atoms with E-state index >= 15 is 0 Å². The molecule has 4 heteroatoms. The van der Waals surface area contributed by atoms with Gasteiger partial charge in [0.1, 0.15) is 0 Å². The van der Waals surface area contributed by atoms with Crippen LogP contribution in [-0.2, 0) is 9.53 Å². The lowest BCUT2D eigenvalue weighted by Crippen LogP contribution is -2.37. The number of nitrogens with one attached hydrogen (secondary N) is 1. The third-order valence-electron chi connectivity index (χ3n) is 1.55. The topological polar surface area (TPSA) is 38.3 Å². The van der Waals surface area contributed by atoms with Crippen LogP contribution in [-0.4, -0.2) is 31.5 Å². The molecule has 72 valence electrons. The van der Waals surface area contributed by atoms with E-state index in [0.717, 1.165) is 6.42 Å². The van der Waals surface area contributed by atoms with Crippen LogP contribution in [0.5, 0.6) is 0 Å². The number of hydrogen-bond acceptors (Lipinski definition) is 2. The van der Waals surface area contributed by atoms with Crippen molar-refractivity contribution in [2.24, 2.45) is 0 Å². The summed E-state index contributed by atoms with van der Waals surface area (Å²) in [5, 5.41) is 2.82. The van der Waals surface area contributed by atoms with Crippen molar-refractivity contribution in [3.8, 4) is 0 Å². The van der Waals surface area contributed by atoms with Crippen LogP contribution in [0.3, 0.4) is 0 Å². The van der Waals surface area contributed by atoms with E-state index in [2.05, 4.69) is 5.32 Å². The monoisotopic (exact) mass is 193 g/mol. The summed E-state index contributed by atoms with van der Waals surface area (Å²) in [7, 11) is 1.62. The van der Waals surface area contributed by atoms with Crippen LogP contribution in [0, 0.1) is 0 Å². The Kier molecular flexibility index (Phi) is 7.20. The highest BCUT2D eigenvalue weighted by atomic mass is 35.5. The minimum atomic E-state index is -0.00565. The molecule has 1 atom stereocenters. The van der Waals surface area contributed by atoms with E-state index < -0.39 is 0 Å². The first-order valence-corrected chi connectivity index (χ1v) is 4.62. The molecule has 0 radical (unpaired) electrons. The minimum Gasteiger partial charge on any atom is -0.383 e. The molecule has 0 saturated heterocycles. The third-order valence-corrected chi connectivity index (χ3v) is 1.74. The Labute approximate surface area is 78.4 Å². The second-order valence-corrected chi connectivity index (χ2v) is 2.94. The van der Waals surface area contributed by atoms with Gasteiger partial charge in [-0.25, -0.2) is 0 Å². The minimum absolute atomic E-state index is 0.00565. The van der Waals surface area contributed by atoms with E-state index in [0.29, 0.717) is 18.9 Å². The first kappa shape index (κ1) is 11.7. The number of hydrogen-bond donors (Lipinski definition) is 1. The molecule has 0 heterocycles. The molecule has 3 nitrogen and oxygen atoms in total. The maximum absolute atomic E-state index is 11.0. The molecule has 0 aliphatic heterocycles. The Morgan fingerprint density at radius 1 is 1.67 bits per heavy atom. The second-order valence-electron chi connectivity index (χ2n) is 2.57. The second kappa shape index (κ2) is 7.37. The molecule has 1 amide bonds. The van der Waals surface area contributed by atoms with Gasteiger partial charge >= 0.3 is 0 Å². The van der Waals surface area contributed by atoms with E-state index in [1.165, 1.54) is 0 Å². The van der Waals surface area contributed by atoms with Crippen molar-refractivity contribution in [3.05, 3.63) is 0 Å². The molecule has 0 rings (SSSR count). The zero-order valence-electron chi connectivity index (χ0n) is 7.60. The average Bonchev–Trinajstić information content (AvgIpc) is 2.04. The van der Waals surface area contributed by atoms with Crippen LogP contribution < -0.4 is 5.32 Å². The van der Waals surface area contributed by atoms with Gasteiger partial charge in [0.25, 0.3) is 0 Å². The SMILES string of the molecule is CCC(COC)NC(=O)CCCl. The standard InChI is InChI=1S/C8H16ClNO2/c1-3-7(6-12-2)10-8(11)4-5-9/h7H,3-6H2,1-2H3,(H,10,11). The third kappa shape index (κ3) is 5.38. The summed E-state index contributed by atoms with van der Waals surface area (Å²) >= 11 is 5.41. The molecular weight excluding hydrogens is 178 g/mol. The lowest BCUT2D eigenvalue weighted by molar-refractivity contribution is -0.121. The molecule has 0 aromatic carbocycles. The predicted octanol–water partition coefficient (Wildman–Crippen LogP) is 1.16. The van der Waals surface area contributed by atoms with Crippen LogP contribution in [0.25, 0.3) is 0 Å². The van der Waals surface area contributed by atoms with Crippen LogP contribution in [0.15, 0.2) is 0 Å². The first-order valence-electron chi connectivity index (χ1n) is 4.08. The fourth-order valence-corrected chi connectivity index (χ4v) is 1.02. The quantitative estimate of drug-likeness (QED) is 0.643. The molecular formula is C8H16ClNO2. The highest BCUT2D eigenvalue weighted by molar-refractivity contribution is 6.18. The molecule has 0 aromatic heterocycles. The number of carbonyl (C=O) groups excluding carboxylic acids is 1. The normalized spacial score (nSPS) is 12.6. The molecule has 0 aromatic rings. The number of amides is 1. The van der Waals surface area contributed by atoms with Crippen molar-refractivity contribution in [2.75, 3.05) is 19.6 Å². The van der Waals surface area contributed by atoms with Crippen LogP contribution >= 0.6 is 11.6 Å². The number of alkyl halides is 1. The van der Waals surface area contributed by atoms with Crippen LogP contribution in [0.4, 0.5) is 0 Å². The average molecular weight is 194 g/mol. The van der Waals surface area contributed by atoms with E-state index in [1.54, 1.807) is 7.11 Å². The molecule has 1 N–H and O–H groups in total. The molecule has 0 saturated carbocycles. The Hall–Kier alpha value is -0.280. The molecule has 0 aliphatic carbocycles. The van der Waals surface area contributed by atoms with Crippen LogP contribution in [0.1, 0.15) is 19.8 Å². The number of rotatable bonds is 6. The summed E-state index contributed by atoms with van der Waals surface area (Å²) in [5.41, 5.74) is 0. The van der Waals surface area contributed by atoms with Gasteiger partial charge in [0, 0.05) is 19.4 Å². The van der Waals surface area contributed by atoms with E-state index in [4.69, 9.17) is 16.3 Å². The first-order chi connectivity index (χ1) is 5.74. The predicted molar refractivity (Wildman–Crippen MR) is 49.4 cm³/mol. The largest absolute Gasteiger partial charge is 0.383 e. The lowest BCUT2D eigenvalue weighted by atomic mass is 10.2. The highest BCUT2D eigenvalue weighted by Crippen LogP contribution is 1.93. The summed E-state index contributed by atoms with van der Waals surface area (Å²) in [6.45, 7) is 2.56. The summed E-state index contributed by atoms with van der Waals surface area (Å²) in [4.78, 5) is 11.0. The van der Waals surface area contributed by atoms with Crippen molar-refractivity contribution in [1.82, 2.24) is 5.32 Å². The summed E-state index contributed by atoms with van der Waals surface area (Å²) < 4.78 is 4.93. The van der Waals surface area contributed by atoms with Crippen molar-refractivity contribution in [3.63, 3.8) is 0 Å². The van der Waals surface area contributed by atoms with Gasteiger partial charge in [-0.05, 0) is 6.42 Å². The van der Waals surface area contributed by atoms with Gasteiger partial charge in [0.05, 0.1) is 12.6 Å². The number of ether oxygens (including phenoxy) is 1. The van der Waals surface area contributed by atoms with Crippen molar-refractivity contribution in [1.29, 1.82) is 0 Å². The number of methoxy groups -OCH3 is 1. The highest BCUT2D eigenvalue weighted by Gasteiger charge is 2.08. The lowest BCUT2D eigenvalue weighted by Gasteiger charge is -2.15. The Bertz CT molecular complexity index is 130. The van der Waals surface area contributed by atoms with Gasteiger partial charge in [0.2, 0.25) is 5.91 Å². The van der Waals surface area contributed by atoms with Gasteiger partial charge in [-0.3, -0.25) is 4.79 Å². The van der Waals surface area contributed by atoms with Crippen molar-refractivity contribution >= 4 is 17.5 Å². The van der Waals surface area contributed by atoms with Gasteiger partial charge in [-0.15, -0.1) is 11.6 Å². The Balaban J connectivity index is 3.61. The maximum atomic E-state index is 11.0. The Morgan fingerprint density at radius 3 is 2.75 bits per heavy atom. The molecule has 1 unspecified atom stereocenters. The number of halogens is 1. The summed E-state index contributed by atoms with van der Waals surface area (Å²) in [6, 6.07) is 0.116. The van der Waals surface area contributed by atoms with Gasteiger partial charge < -0.3 is 10.1 Å². The van der Waals surface area contributed by atoms with Gasteiger partial charge in [0.15, 0.2) is 0 Å². The summed E-state index contributed by atoms with van der Waals surface area (Å²) in [5.74, 6) is 0.365.